The molecule has 0 unspecified atom stereocenters. The van der Waals surface area contributed by atoms with Crippen molar-refractivity contribution in [3.8, 4) is 0 Å². The first-order chi connectivity index (χ1) is 8.88. The molecule has 0 saturated carbocycles. The zero-order valence-corrected chi connectivity index (χ0v) is 11.8. The number of nitrogens with one attached hydrogen (secondary N) is 1. The molecule has 1 N–H and O–H groups in total. The second kappa shape index (κ2) is 6.83. The summed E-state index contributed by atoms with van der Waals surface area (Å²) >= 11 is 1.59. The van der Waals surface area contributed by atoms with E-state index in [9.17, 15) is 22.9 Å². The van der Waals surface area contributed by atoms with Gasteiger partial charge in [-0.15, -0.1) is 0 Å². The Morgan fingerprint density at radius 3 is 2.68 bits per heavy atom. The van der Waals surface area contributed by atoms with Crippen LogP contribution in [0.1, 0.15) is 6.42 Å². The molecule has 0 bridgehead atoms. The van der Waals surface area contributed by atoms with Gasteiger partial charge in [-0.1, -0.05) is 0 Å². The highest BCUT2D eigenvalue weighted by Gasteiger charge is 2.20. The third-order valence-electron chi connectivity index (χ3n) is 2.24. The van der Waals surface area contributed by atoms with E-state index in [1.165, 1.54) is 0 Å². The van der Waals surface area contributed by atoms with E-state index < -0.39 is 26.5 Å². The van der Waals surface area contributed by atoms with Crippen LogP contribution in [0.5, 0.6) is 0 Å². The van der Waals surface area contributed by atoms with E-state index in [4.69, 9.17) is 0 Å². The van der Waals surface area contributed by atoms with E-state index in [2.05, 4.69) is 4.72 Å². The minimum absolute atomic E-state index is 0.238. The summed E-state index contributed by atoms with van der Waals surface area (Å²) < 4.78 is 39.2. The molecule has 19 heavy (non-hydrogen) atoms. The Morgan fingerprint density at radius 2 is 2.16 bits per heavy atom. The van der Waals surface area contributed by atoms with Gasteiger partial charge in [-0.25, -0.2) is 13.1 Å². The fourth-order valence-electron chi connectivity index (χ4n) is 1.31. The number of hydrogen-bond acceptors (Lipinski definition) is 5. The van der Waals surface area contributed by atoms with Crippen molar-refractivity contribution in [3.05, 3.63) is 34.1 Å². The van der Waals surface area contributed by atoms with Gasteiger partial charge in [0.1, 0.15) is 0 Å². The molecule has 0 amide bonds. The van der Waals surface area contributed by atoms with Crippen LogP contribution in [0, 0.1) is 15.9 Å². The average Bonchev–Trinajstić information content (AvgIpc) is 2.34. The molecule has 1 aromatic rings. The maximum atomic E-state index is 13.3. The Bertz CT molecular complexity index is 563. The van der Waals surface area contributed by atoms with Crippen LogP contribution in [0.4, 0.5) is 10.1 Å². The predicted octanol–water partition coefficient (Wildman–Crippen LogP) is 1.77. The largest absolute Gasteiger partial charge is 0.304 e. The van der Waals surface area contributed by atoms with E-state index in [1.807, 2.05) is 6.26 Å². The maximum Gasteiger partial charge on any atom is 0.304 e. The summed E-state index contributed by atoms with van der Waals surface area (Å²) in [6.45, 7) is 0.238. The molecule has 6 nitrogen and oxygen atoms in total. The zero-order chi connectivity index (χ0) is 14.5. The lowest BCUT2D eigenvalue weighted by Gasteiger charge is -2.06. The molecule has 0 fully saturated rings. The van der Waals surface area contributed by atoms with Crippen LogP contribution in [0.3, 0.4) is 0 Å². The number of benzene rings is 1. The first kappa shape index (κ1) is 15.9. The van der Waals surface area contributed by atoms with Gasteiger partial charge in [0, 0.05) is 18.7 Å². The van der Waals surface area contributed by atoms with Crippen molar-refractivity contribution >= 4 is 27.5 Å². The average molecular weight is 308 g/mol. The van der Waals surface area contributed by atoms with E-state index in [0.717, 1.165) is 17.9 Å². The van der Waals surface area contributed by atoms with Crippen molar-refractivity contribution < 1.29 is 17.7 Å². The van der Waals surface area contributed by atoms with Crippen LogP contribution >= 0.6 is 11.8 Å². The maximum absolute atomic E-state index is 13.3. The number of sulfonamides is 1. The fraction of sp³-hybridized carbons (Fsp3) is 0.400. The van der Waals surface area contributed by atoms with Gasteiger partial charge in [0.2, 0.25) is 15.8 Å². The number of nitro groups is 1. The smallest absolute Gasteiger partial charge is 0.258 e. The standard InChI is InChI=1S/C10H13FN2O4S2/c1-18-6-2-5-12-19(16,17)8-3-4-10(13(14)15)9(11)7-8/h3-4,7,12H,2,5-6H2,1H3. The quantitative estimate of drug-likeness (QED) is 0.471. The zero-order valence-electron chi connectivity index (χ0n) is 10.1. The number of halogens is 1. The lowest BCUT2D eigenvalue weighted by atomic mass is 10.3. The van der Waals surface area contributed by atoms with Gasteiger partial charge in [0.15, 0.2) is 0 Å². The van der Waals surface area contributed by atoms with Gasteiger partial charge in [-0.05, 0) is 24.5 Å². The first-order valence-electron chi connectivity index (χ1n) is 5.31. The summed E-state index contributed by atoms with van der Waals surface area (Å²) in [5.74, 6) is -0.367. The van der Waals surface area contributed by atoms with Gasteiger partial charge in [0.25, 0.3) is 0 Å². The highest BCUT2D eigenvalue weighted by atomic mass is 32.2. The third kappa shape index (κ3) is 4.44. The molecule has 0 heterocycles. The summed E-state index contributed by atoms with van der Waals surface area (Å²) in [6.07, 6.45) is 2.55. The van der Waals surface area contributed by atoms with Gasteiger partial charge in [0.05, 0.1) is 9.82 Å². The fourth-order valence-corrected chi connectivity index (χ4v) is 2.83. The second-order valence-electron chi connectivity index (χ2n) is 3.61. The molecule has 0 aliphatic rings. The monoisotopic (exact) mass is 308 g/mol. The summed E-state index contributed by atoms with van der Waals surface area (Å²) in [6, 6.07) is 2.50. The molecule has 0 aliphatic heterocycles. The van der Waals surface area contributed by atoms with Crippen LogP contribution in [-0.2, 0) is 10.0 Å². The molecule has 0 aromatic heterocycles. The van der Waals surface area contributed by atoms with Crippen molar-refractivity contribution in [1.29, 1.82) is 0 Å². The van der Waals surface area contributed by atoms with Gasteiger partial charge in [-0.2, -0.15) is 16.2 Å². The van der Waals surface area contributed by atoms with Crippen molar-refractivity contribution in [3.63, 3.8) is 0 Å². The third-order valence-corrected chi connectivity index (χ3v) is 4.40. The van der Waals surface area contributed by atoms with Gasteiger partial charge < -0.3 is 0 Å². The van der Waals surface area contributed by atoms with E-state index in [-0.39, 0.29) is 11.4 Å². The summed E-state index contributed by atoms with van der Waals surface area (Å²) in [7, 11) is -3.83. The number of thioether (sulfide) groups is 1. The van der Waals surface area contributed by atoms with E-state index in [0.29, 0.717) is 12.5 Å². The Balaban J connectivity index is 2.84. The summed E-state index contributed by atoms with van der Waals surface area (Å²) in [4.78, 5) is 9.20. The minimum atomic E-state index is -3.83. The predicted molar refractivity (Wildman–Crippen MR) is 71.2 cm³/mol. The molecule has 1 rings (SSSR count). The molecular formula is C10H13FN2O4S2. The molecule has 106 valence electrons. The number of rotatable bonds is 7. The van der Waals surface area contributed by atoms with Crippen LogP contribution in [0.2, 0.25) is 0 Å². The summed E-state index contributed by atoms with van der Waals surface area (Å²) in [5, 5.41) is 10.4. The van der Waals surface area contributed by atoms with Gasteiger partial charge >= 0.3 is 5.69 Å². The minimum Gasteiger partial charge on any atom is -0.258 e. The number of hydrogen-bond donors (Lipinski definition) is 1. The molecule has 0 saturated heterocycles. The molecule has 0 atom stereocenters. The van der Waals surface area contributed by atoms with Crippen molar-refractivity contribution in [2.24, 2.45) is 0 Å². The number of nitro benzene ring substituents is 1. The topological polar surface area (TPSA) is 89.3 Å². The Morgan fingerprint density at radius 1 is 1.47 bits per heavy atom. The van der Waals surface area contributed by atoms with E-state index in [1.54, 1.807) is 11.8 Å². The number of nitrogens with zero attached hydrogens (tertiary/aromatic N) is 1. The molecular weight excluding hydrogens is 295 g/mol. The highest BCUT2D eigenvalue weighted by Crippen LogP contribution is 2.20. The van der Waals surface area contributed by atoms with Crippen LogP contribution in [-0.4, -0.2) is 31.9 Å². The van der Waals surface area contributed by atoms with Crippen molar-refractivity contribution in [2.75, 3.05) is 18.6 Å². The summed E-state index contributed by atoms with van der Waals surface area (Å²) in [5.41, 5.74) is -0.749. The second-order valence-corrected chi connectivity index (χ2v) is 6.37. The van der Waals surface area contributed by atoms with Crippen molar-refractivity contribution in [2.45, 2.75) is 11.3 Å². The molecule has 0 spiro atoms. The Labute approximate surface area is 114 Å². The molecule has 0 radical (unpaired) electrons. The van der Waals surface area contributed by atoms with E-state index >= 15 is 0 Å². The Hall–Kier alpha value is -1.19. The molecule has 0 aliphatic carbocycles. The first-order valence-corrected chi connectivity index (χ1v) is 8.18. The molecule has 1 aromatic carbocycles. The lowest BCUT2D eigenvalue weighted by molar-refractivity contribution is -0.387. The SMILES string of the molecule is CSCCCNS(=O)(=O)c1ccc([N+](=O)[O-])c(F)c1. The van der Waals surface area contributed by atoms with Gasteiger partial charge in [-0.3, -0.25) is 10.1 Å². The van der Waals surface area contributed by atoms with Crippen molar-refractivity contribution in [1.82, 2.24) is 4.72 Å². The van der Waals surface area contributed by atoms with Crippen LogP contribution in [0.25, 0.3) is 0 Å². The highest BCUT2D eigenvalue weighted by molar-refractivity contribution is 7.98. The Kier molecular flexibility index (Phi) is 5.70. The lowest BCUT2D eigenvalue weighted by Crippen LogP contribution is -2.25. The van der Waals surface area contributed by atoms with Crippen LogP contribution < -0.4 is 4.72 Å². The molecule has 9 heteroatoms. The van der Waals surface area contributed by atoms with Crippen LogP contribution in [0.15, 0.2) is 23.1 Å². The normalized spacial score (nSPS) is 11.5.